The Morgan fingerprint density at radius 1 is 1.33 bits per heavy atom. The van der Waals surface area contributed by atoms with Gasteiger partial charge in [-0.25, -0.2) is 9.78 Å². The maximum atomic E-state index is 11.6. The second kappa shape index (κ2) is 8.00. The molecule has 1 saturated carbocycles. The average molecular weight is 382 g/mol. The minimum Gasteiger partial charge on any atom is -0.450 e. The fourth-order valence-electron chi connectivity index (χ4n) is 3.08. The molecule has 0 bridgehead atoms. The van der Waals surface area contributed by atoms with E-state index >= 15 is 0 Å². The molecule has 0 aliphatic heterocycles. The van der Waals surface area contributed by atoms with Crippen LogP contribution in [0, 0.1) is 5.92 Å². The Kier molecular flexibility index (Phi) is 5.29. The summed E-state index contributed by atoms with van der Waals surface area (Å²) >= 11 is 1.89. The molecule has 6 nitrogen and oxygen atoms in total. The predicted octanol–water partition coefficient (Wildman–Crippen LogP) is 4.88. The van der Waals surface area contributed by atoms with Crippen LogP contribution in [0.3, 0.4) is 0 Å². The van der Waals surface area contributed by atoms with Gasteiger partial charge in [0.05, 0.1) is 30.4 Å². The number of hydrogen-bond donors (Lipinski definition) is 1. The van der Waals surface area contributed by atoms with Crippen molar-refractivity contribution in [1.82, 2.24) is 14.5 Å². The van der Waals surface area contributed by atoms with Gasteiger partial charge in [0.25, 0.3) is 0 Å². The van der Waals surface area contributed by atoms with E-state index < -0.39 is 6.09 Å². The number of nitrogens with one attached hydrogen (secondary N) is 1. The number of pyridine rings is 2. The Bertz CT molecular complexity index is 952. The van der Waals surface area contributed by atoms with Gasteiger partial charge in [-0.05, 0) is 43.9 Å². The first kappa shape index (κ1) is 17.9. The van der Waals surface area contributed by atoms with Crippen molar-refractivity contribution in [2.24, 2.45) is 5.92 Å². The van der Waals surface area contributed by atoms with Gasteiger partial charge < -0.3 is 4.74 Å². The van der Waals surface area contributed by atoms with Crippen molar-refractivity contribution in [3.63, 3.8) is 0 Å². The first-order valence-corrected chi connectivity index (χ1v) is 10.2. The topological polar surface area (TPSA) is 69.0 Å². The van der Waals surface area contributed by atoms with E-state index in [2.05, 4.69) is 27.4 Å². The molecule has 7 heteroatoms. The lowest BCUT2D eigenvalue weighted by Gasteiger charge is -2.24. The number of ether oxygens (including phenoxy) is 1. The highest BCUT2D eigenvalue weighted by molar-refractivity contribution is 7.99. The molecule has 1 N–H and O–H groups in total. The fraction of sp³-hybridized carbons (Fsp3) is 0.350. The number of amides is 1. The van der Waals surface area contributed by atoms with Crippen LogP contribution in [0.4, 0.5) is 10.5 Å². The summed E-state index contributed by atoms with van der Waals surface area (Å²) in [4.78, 5) is 21.7. The Balaban J connectivity index is 1.53. The molecule has 0 saturated heterocycles. The van der Waals surface area contributed by atoms with Crippen molar-refractivity contribution in [2.75, 3.05) is 17.7 Å². The number of anilines is 1. The van der Waals surface area contributed by atoms with Gasteiger partial charge in [-0.1, -0.05) is 6.42 Å². The molecule has 3 aromatic heterocycles. The summed E-state index contributed by atoms with van der Waals surface area (Å²) in [6.07, 6.45) is 10.9. The van der Waals surface area contributed by atoms with E-state index in [9.17, 15) is 4.79 Å². The third-order valence-electron chi connectivity index (χ3n) is 4.74. The van der Waals surface area contributed by atoms with Crippen LogP contribution in [0.2, 0.25) is 0 Å². The summed E-state index contributed by atoms with van der Waals surface area (Å²) in [5.74, 6) is 2.05. The molecule has 3 aromatic rings. The Hall–Kier alpha value is -2.54. The number of aromatic nitrogens is 3. The Labute approximate surface area is 162 Å². The summed E-state index contributed by atoms with van der Waals surface area (Å²) < 4.78 is 6.88. The molecule has 1 aliphatic rings. The van der Waals surface area contributed by atoms with Crippen molar-refractivity contribution in [3.05, 3.63) is 43.0 Å². The lowest BCUT2D eigenvalue weighted by atomic mass is 9.87. The number of hydrogen-bond acceptors (Lipinski definition) is 5. The number of carbonyl (C=O) groups excluding carboxylic acids is 1. The van der Waals surface area contributed by atoms with E-state index in [0.29, 0.717) is 12.3 Å². The van der Waals surface area contributed by atoms with Gasteiger partial charge in [0.1, 0.15) is 5.65 Å². The van der Waals surface area contributed by atoms with Crippen molar-refractivity contribution in [2.45, 2.75) is 31.1 Å². The zero-order valence-electron chi connectivity index (χ0n) is 15.2. The summed E-state index contributed by atoms with van der Waals surface area (Å²) in [6, 6.07) is 6.10. The maximum absolute atomic E-state index is 11.6. The lowest BCUT2D eigenvalue weighted by molar-refractivity contribution is 0.168. The lowest BCUT2D eigenvalue weighted by Crippen LogP contribution is -2.13. The third kappa shape index (κ3) is 4.08. The highest BCUT2D eigenvalue weighted by Crippen LogP contribution is 2.33. The van der Waals surface area contributed by atoms with Crippen LogP contribution in [0.5, 0.6) is 0 Å². The van der Waals surface area contributed by atoms with Gasteiger partial charge in [0, 0.05) is 28.4 Å². The van der Waals surface area contributed by atoms with Crippen molar-refractivity contribution in [3.8, 4) is 5.69 Å². The normalized spacial score (nSPS) is 14.1. The quantitative estimate of drug-likeness (QED) is 0.615. The van der Waals surface area contributed by atoms with Gasteiger partial charge in [0.2, 0.25) is 0 Å². The second-order valence-corrected chi connectivity index (χ2v) is 7.75. The first-order chi connectivity index (χ1) is 13.2. The Morgan fingerprint density at radius 3 is 3.00 bits per heavy atom. The largest absolute Gasteiger partial charge is 0.450 e. The molecule has 0 spiro atoms. The maximum Gasteiger partial charge on any atom is 0.411 e. The monoisotopic (exact) mass is 382 g/mol. The summed E-state index contributed by atoms with van der Waals surface area (Å²) in [6.45, 7) is 2.09. The molecule has 3 heterocycles. The molecule has 4 rings (SSSR count). The van der Waals surface area contributed by atoms with E-state index in [0.717, 1.165) is 22.6 Å². The molecule has 1 amide bonds. The van der Waals surface area contributed by atoms with Gasteiger partial charge in [-0.15, -0.1) is 11.8 Å². The van der Waals surface area contributed by atoms with Crippen LogP contribution in [0.1, 0.15) is 26.2 Å². The van der Waals surface area contributed by atoms with Crippen molar-refractivity contribution >= 4 is 34.6 Å². The third-order valence-corrected chi connectivity index (χ3v) is 5.93. The van der Waals surface area contributed by atoms with E-state index in [1.807, 2.05) is 34.8 Å². The van der Waals surface area contributed by atoms with Crippen LogP contribution in [0.25, 0.3) is 16.7 Å². The zero-order valence-corrected chi connectivity index (χ0v) is 16.0. The summed E-state index contributed by atoms with van der Waals surface area (Å²) in [5, 5.41) is 3.77. The molecule has 27 heavy (non-hydrogen) atoms. The van der Waals surface area contributed by atoms with Crippen molar-refractivity contribution < 1.29 is 9.53 Å². The van der Waals surface area contributed by atoms with Gasteiger partial charge in [-0.2, -0.15) is 0 Å². The van der Waals surface area contributed by atoms with Crippen LogP contribution in [-0.4, -0.2) is 33.0 Å². The fourth-order valence-corrected chi connectivity index (χ4v) is 4.18. The number of carbonyl (C=O) groups is 1. The van der Waals surface area contributed by atoms with E-state index in [1.165, 1.54) is 29.9 Å². The number of thioether (sulfide) groups is 1. The molecule has 0 radical (unpaired) electrons. The number of nitrogens with zero attached hydrogens (tertiary/aromatic N) is 3. The van der Waals surface area contributed by atoms with E-state index in [4.69, 9.17) is 4.74 Å². The van der Waals surface area contributed by atoms with Crippen LogP contribution in [-0.2, 0) is 4.74 Å². The number of rotatable bonds is 6. The first-order valence-electron chi connectivity index (χ1n) is 9.22. The van der Waals surface area contributed by atoms with Crippen LogP contribution < -0.4 is 5.32 Å². The molecule has 0 atom stereocenters. The second-order valence-electron chi connectivity index (χ2n) is 6.65. The zero-order chi connectivity index (χ0) is 18.6. The molecule has 0 aromatic carbocycles. The average Bonchev–Trinajstić information content (AvgIpc) is 3.04. The number of fused-ring (bicyclic) bond motifs is 1. The molecule has 0 unspecified atom stereocenters. The van der Waals surface area contributed by atoms with E-state index in [1.54, 1.807) is 19.3 Å². The van der Waals surface area contributed by atoms with Gasteiger partial charge in [0.15, 0.2) is 0 Å². The van der Waals surface area contributed by atoms with Crippen LogP contribution >= 0.6 is 11.8 Å². The Morgan fingerprint density at radius 2 is 2.22 bits per heavy atom. The molecular weight excluding hydrogens is 360 g/mol. The summed E-state index contributed by atoms with van der Waals surface area (Å²) in [7, 11) is 0. The molecule has 1 fully saturated rings. The minimum atomic E-state index is -0.486. The van der Waals surface area contributed by atoms with Gasteiger partial charge in [-0.3, -0.25) is 14.9 Å². The molecular formula is C20H22N4O2S. The van der Waals surface area contributed by atoms with Gasteiger partial charge >= 0.3 is 6.09 Å². The van der Waals surface area contributed by atoms with Crippen LogP contribution in [0.15, 0.2) is 47.9 Å². The molecule has 140 valence electrons. The van der Waals surface area contributed by atoms with Crippen molar-refractivity contribution in [1.29, 1.82) is 0 Å². The predicted molar refractivity (Wildman–Crippen MR) is 108 cm³/mol. The van der Waals surface area contributed by atoms with E-state index in [-0.39, 0.29) is 0 Å². The summed E-state index contributed by atoms with van der Waals surface area (Å²) in [5.41, 5.74) is 2.29. The highest BCUT2D eigenvalue weighted by Gasteiger charge is 2.17. The molecule has 1 aliphatic carbocycles. The standard InChI is InChI=1S/C20H22N4O2S/c1-2-26-20(25)23-16-9-17(11-21-10-16)24-7-6-15-8-18(12-22-19(15)24)27-13-14-4-3-5-14/h6-12,14H,2-5,13H2,1H3,(H,23,25). The smallest absolute Gasteiger partial charge is 0.411 e. The highest BCUT2D eigenvalue weighted by atomic mass is 32.2. The minimum absolute atomic E-state index is 0.326. The SMILES string of the molecule is CCOC(=O)Nc1cncc(-n2ccc3cc(SCC4CCC4)cnc32)c1.